The first-order valence-electron chi connectivity index (χ1n) is 9.07. The van der Waals surface area contributed by atoms with E-state index in [4.69, 9.17) is 4.74 Å². The highest BCUT2D eigenvalue weighted by molar-refractivity contribution is 5.95. The maximum Gasteiger partial charge on any atom is 0.412 e. The number of rotatable bonds is 4. The minimum absolute atomic E-state index is 0.225. The number of H-pyrrole nitrogens is 1. The molecule has 3 rings (SSSR count). The lowest BCUT2D eigenvalue weighted by Gasteiger charge is -2.19. The number of hydrogen-bond acceptors (Lipinski definition) is 4. The Morgan fingerprint density at radius 3 is 2.39 bits per heavy atom. The molecular formula is C21H24N4O3. The van der Waals surface area contributed by atoms with Crippen molar-refractivity contribution in [1.82, 2.24) is 15.3 Å². The predicted molar refractivity (Wildman–Crippen MR) is 108 cm³/mol. The molecule has 146 valence electrons. The Morgan fingerprint density at radius 2 is 1.75 bits per heavy atom. The zero-order valence-electron chi connectivity index (χ0n) is 16.4. The van der Waals surface area contributed by atoms with Gasteiger partial charge in [-0.3, -0.25) is 10.1 Å². The van der Waals surface area contributed by atoms with Crippen LogP contribution in [0.5, 0.6) is 0 Å². The average Bonchev–Trinajstić information content (AvgIpc) is 3.05. The van der Waals surface area contributed by atoms with Gasteiger partial charge < -0.3 is 15.0 Å². The van der Waals surface area contributed by atoms with Crippen molar-refractivity contribution in [2.45, 2.75) is 39.3 Å². The van der Waals surface area contributed by atoms with Gasteiger partial charge in [0.1, 0.15) is 11.4 Å². The van der Waals surface area contributed by atoms with Gasteiger partial charge in [-0.05, 0) is 64.1 Å². The van der Waals surface area contributed by atoms with Crippen LogP contribution in [0.1, 0.15) is 49.9 Å². The van der Waals surface area contributed by atoms with Gasteiger partial charge in [-0.25, -0.2) is 9.78 Å². The topological polar surface area (TPSA) is 96.1 Å². The number of carbonyl (C=O) groups is 2. The van der Waals surface area contributed by atoms with Gasteiger partial charge in [0, 0.05) is 11.3 Å². The highest BCUT2D eigenvalue weighted by atomic mass is 16.6. The van der Waals surface area contributed by atoms with E-state index in [-0.39, 0.29) is 11.9 Å². The van der Waals surface area contributed by atoms with E-state index in [0.717, 1.165) is 11.0 Å². The summed E-state index contributed by atoms with van der Waals surface area (Å²) in [5.74, 6) is 0.467. The van der Waals surface area contributed by atoms with E-state index in [0.29, 0.717) is 17.1 Å². The van der Waals surface area contributed by atoms with Crippen LogP contribution in [0, 0.1) is 0 Å². The molecule has 2 aromatic carbocycles. The number of fused-ring (bicyclic) bond motifs is 1. The Balaban J connectivity index is 1.61. The molecule has 1 heterocycles. The number of carbonyl (C=O) groups excluding carboxylic acids is 2. The Morgan fingerprint density at radius 1 is 1.07 bits per heavy atom. The quantitative estimate of drug-likeness (QED) is 0.625. The van der Waals surface area contributed by atoms with Crippen LogP contribution in [0.15, 0.2) is 48.5 Å². The van der Waals surface area contributed by atoms with Crippen LogP contribution in [0.4, 0.5) is 10.5 Å². The standard InChI is InChI=1S/C21H24N4O3/c1-13(18-24-16-7-5-6-8-17(16)25-18)22-19(26)14-9-11-15(12-10-14)23-20(27)28-21(2,3)4/h5-13H,1-4H3,(H,22,26)(H,23,27)(H,24,25)/t13-/m0/s1. The SMILES string of the molecule is C[C@H](NC(=O)c1ccc(NC(=O)OC(C)(C)C)cc1)c1nc2ccccc2[nH]1. The summed E-state index contributed by atoms with van der Waals surface area (Å²) in [6.07, 6.45) is -0.539. The summed E-state index contributed by atoms with van der Waals surface area (Å²) in [5, 5.41) is 5.56. The Kier molecular flexibility index (Phi) is 5.35. The van der Waals surface area contributed by atoms with E-state index in [9.17, 15) is 9.59 Å². The molecule has 0 saturated heterocycles. The van der Waals surface area contributed by atoms with Crippen molar-refractivity contribution < 1.29 is 14.3 Å². The van der Waals surface area contributed by atoms with Crippen molar-refractivity contribution in [2.24, 2.45) is 0 Å². The molecule has 2 amide bonds. The smallest absolute Gasteiger partial charge is 0.412 e. The third kappa shape index (κ3) is 4.88. The first-order valence-corrected chi connectivity index (χ1v) is 9.07. The second kappa shape index (κ2) is 7.72. The molecule has 28 heavy (non-hydrogen) atoms. The summed E-state index contributed by atoms with van der Waals surface area (Å²) in [5.41, 5.74) is 2.25. The van der Waals surface area contributed by atoms with Gasteiger partial charge in [-0.1, -0.05) is 12.1 Å². The Bertz CT molecular complexity index is 954. The number of para-hydroxylation sites is 2. The molecule has 3 N–H and O–H groups in total. The number of aromatic amines is 1. The summed E-state index contributed by atoms with van der Waals surface area (Å²) in [4.78, 5) is 32.0. The van der Waals surface area contributed by atoms with Crippen LogP contribution < -0.4 is 10.6 Å². The number of nitrogens with one attached hydrogen (secondary N) is 3. The fourth-order valence-electron chi connectivity index (χ4n) is 2.65. The molecule has 7 nitrogen and oxygen atoms in total. The third-order valence-electron chi connectivity index (χ3n) is 3.96. The van der Waals surface area contributed by atoms with E-state index in [1.54, 1.807) is 45.0 Å². The second-order valence-corrected chi connectivity index (χ2v) is 7.54. The van der Waals surface area contributed by atoms with Crippen molar-refractivity contribution in [3.63, 3.8) is 0 Å². The zero-order valence-corrected chi connectivity index (χ0v) is 16.4. The molecule has 0 spiro atoms. The van der Waals surface area contributed by atoms with Crippen molar-refractivity contribution in [1.29, 1.82) is 0 Å². The molecule has 0 aliphatic rings. The van der Waals surface area contributed by atoms with Crippen LogP contribution in [-0.2, 0) is 4.74 Å². The molecule has 0 fully saturated rings. The second-order valence-electron chi connectivity index (χ2n) is 7.54. The van der Waals surface area contributed by atoms with Crippen LogP contribution in [0.3, 0.4) is 0 Å². The minimum atomic E-state index is -0.573. The normalized spacial score (nSPS) is 12.4. The number of nitrogens with zero attached hydrogens (tertiary/aromatic N) is 1. The zero-order chi connectivity index (χ0) is 20.3. The average molecular weight is 380 g/mol. The van der Waals surface area contributed by atoms with Gasteiger partial charge in [-0.15, -0.1) is 0 Å². The number of imidazole rings is 1. The number of amides is 2. The molecule has 1 aromatic heterocycles. The molecule has 0 unspecified atom stereocenters. The van der Waals surface area contributed by atoms with Crippen LogP contribution in [0.25, 0.3) is 11.0 Å². The lowest BCUT2D eigenvalue weighted by Crippen LogP contribution is -2.28. The lowest BCUT2D eigenvalue weighted by atomic mass is 10.2. The maximum absolute atomic E-state index is 12.5. The van der Waals surface area contributed by atoms with E-state index in [2.05, 4.69) is 20.6 Å². The predicted octanol–water partition coefficient (Wildman–Crippen LogP) is 4.40. The number of hydrogen-bond donors (Lipinski definition) is 3. The number of anilines is 1. The summed E-state index contributed by atoms with van der Waals surface area (Å²) < 4.78 is 5.21. The van der Waals surface area contributed by atoms with E-state index < -0.39 is 11.7 Å². The van der Waals surface area contributed by atoms with Gasteiger partial charge in [0.05, 0.1) is 17.1 Å². The molecule has 0 bridgehead atoms. The highest BCUT2D eigenvalue weighted by Gasteiger charge is 2.17. The van der Waals surface area contributed by atoms with Gasteiger partial charge in [-0.2, -0.15) is 0 Å². The van der Waals surface area contributed by atoms with Gasteiger partial charge in [0.25, 0.3) is 5.91 Å². The van der Waals surface area contributed by atoms with Crippen LogP contribution >= 0.6 is 0 Å². The van der Waals surface area contributed by atoms with E-state index >= 15 is 0 Å². The number of ether oxygens (including phenoxy) is 1. The van der Waals surface area contributed by atoms with Gasteiger partial charge in [0.2, 0.25) is 0 Å². The Hall–Kier alpha value is -3.35. The minimum Gasteiger partial charge on any atom is -0.444 e. The molecule has 0 aliphatic carbocycles. The third-order valence-corrected chi connectivity index (χ3v) is 3.96. The number of aromatic nitrogens is 2. The summed E-state index contributed by atoms with van der Waals surface area (Å²) in [6, 6.07) is 14.0. The molecule has 3 aromatic rings. The van der Waals surface area contributed by atoms with Crippen molar-refractivity contribution in [3.8, 4) is 0 Å². The molecule has 1 atom stereocenters. The fourth-order valence-corrected chi connectivity index (χ4v) is 2.65. The lowest BCUT2D eigenvalue weighted by molar-refractivity contribution is 0.0635. The summed E-state index contributed by atoms with van der Waals surface area (Å²) in [6.45, 7) is 7.25. The summed E-state index contributed by atoms with van der Waals surface area (Å²) >= 11 is 0. The highest BCUT2D eigenvalue weighted by Crippen LogP contribution is 2.17. The first-order chi connectivity index (χ1) is 13.2. The molecule has 7 heteroatoms. The van der Waals surface area contributed by atoms with Crippen molar-refractivity contribution in [3.05, 3.63) is 59.9 Å². The molecular weight excluding hydrogens is 356 g/mol. The molecule has 0 saturated carbocycles. The van der Waals surface area contributed by atoms with Crippen molar-refractivity contribution >= 4 is 28.7 Å². The van der Waals surface area contributed by atoms with Gasteiger partial charge in [0.15, 0.2) is 0 Å². The molecule has 0 radical (unpaired) electrons. The fraction of sp³-hybridized carbons (Fsp3) is 0.286. The largest absolute Gasteiger partial charge is 0.444 e. The van der Waals surface area contributed by atoms with E-state index in [1.807, 2.05) is 31.2 Å². The maximum atomic E-state index is 12.5. The van der Waals surface area contributed by atoms with Crippen LogP contribution in [0.2, 0.25) is 0 Å². The first kappa shape index (κ1) is 19.4. The molecule has 0 aliphatic heterocycles. The number of benzene rings is 2. The van der Waals surface area contributed by atoms with Crippen molar-refractivity contribution in [2.75, 3.05) is 5.32 Å². The van der Waals surface area contributed by atoms with Crippen LogP contribution in [-0.4, -0.2) is 27.6 Å². The summed E-state index contributed by atoms with van der Waals surface area (Å²) in [7, 11) is 0. The Labute approximate surface area is 163 Å². The van der Waals surface area contributed by atoms with E-state index in [1.165, 1.54) is 0 Å². The van der Waals surface area contributed by atoms with Gasteiger partial charge >= 0.3 is 6.09 Å². The monoisotopic (exact) mass is 380 g/mol.